The van der Waals surface area contributed by atoms with E-state index in [1.54, 1.807) is 10.4 Å². The Morgan fingerprint density at radius 2 is 0.872 bits per heavy atom. The van der Waals surface area contributed by atoms with Gasteiger partial charge in [-0.15, -0.1) is 0 Å². The van der Waals surface area contributed by atoms with Crippen molar-refractivity contribution in [2.45, 2.75) is 65.5 Å². The molecule has 0 heterocycles. The van der Waals surface area contributed by atoms with Crippen LogP contribution in [0.4, 0.5) is 0 Å². The highest BCUT2D eigenvalue weighted by molar-refractivity contribution is 6.96. The molecule has 0 bridgehead atoms. The Labute approximate surface area is 236 Å². The lowest BCUT2D eigenvalue weighted by molar-refractivity contribution is 0.896. The molecule has 0 nitrogen and oxygen atoms in total. The van der Waals surface area contributed by atoms with Crippen molar-refractivity contribution in [2.75, 3.05) is 0 Å². The number of hydrogen-bond acceptors (Lipinski definition) is 0. The zero-order chi connectivity index (χ0) is 27.3. The molecule has 196 valence electrons. The number of benzene rings is 4. The predicted octanol–water partition coefficient (Wildman–Crippen LogP) is 10.6. The van der Waals surface area contributed by atoms with Crippen molar-refractivity contribution in [3.63, 3.8) is 0 Å². The van der Waals surface area contributed by atoms with Crippen molar-refractivity contribution < 1.29 is 0 Å². The van der Waals surface area contributed by atoms with E-state index in [1.807, 2.05) is 0 Å². The highest BCUT2D eigenvalue weighted by Crippen LogP contribution is 2.52. The van der Waals surface area contributed by atoms with Gasteiger partial charge in [-0.25, -0.2) is 0 Å². The smallest absolute Gasteiger partial charge is 0.0704 e. The van der Waals surface area contributed by atoms with Crippen molar-refractivity contribution in [3.8, 4) is 22.3 Å². The lowest BCUT2D eigenvalue weighted by atomic mass is 9.94. The van der Waals surface area contributed by atoms with Gasteiger partial charge in [-0.3, -0.25) is 0 Å². The molecule has 6 rings (SSSR count). The SMILES string of the molecule is Cc1ccccc1-c1cccc2c1C=C([Si](C1=Cc3c(cccc3-c3ccccc3C)C1)(C(C)C)C(C)C)C2. The molecule has 0 saturated carbocycles. The lowest BCUT2D eigenvalue weighted by Crippen LogP contribution is -2.46. The number of hydrogen-bond donors (Lipinski definition) is 0. The van der Waals surface area contributed by atoms with Gasteiger partial charge >= 0.3 is 0 Å². The van der Waals surface area contributed by atoms with E-state index < -0.39 is 8.07 Å². The summed E-state index contributed by atoms with van der Waals surface area (Å²) in [6.45, 7) is 14.5. The highest BCUT2D eigenvalue weighted by Gasteiger charge is 2.48. The molecule has 1 heteroatoms. The molecule has 0 radical (unpaired) electrons. The third-order valence-corrected chi connectivity index (χ3v) is 16.0. The van der Waals surface area contributed by atoms with E-state index in [9.17, 15) is 0 Å². The van der Waals surface area contributed by atoms with Crippen LogP contribution in [0.5, 0.6) is 0 Å². The minimum absolute atomic E-state index is 0.627. The molecular formula is C38H40Si. The van der Waals surface area contributed by atoms with Gasteiger partial charge in [0.05, 0.1) is 0 Å². The summed E-state index contributed by atoms with van der Waals surface area (Å²) < 4.78 is 0. The summed E-state index contributed by atoms with van der Waals surface area (Å²) in [5, 5.41) is 3.44. The number of rotatable bonds is 6. The van der Waals surface area contributed by atoms with Gasteiger partial charge in [0.2, 0.25) is 0 Å². The highest BCUT2D eigenvalue weighted by atomic mass is 28.3. The summed E-state index contributed by atoms with van der Waals surface area (Å²) in [5.74, 6) is 0. The number of allylic oxidation sites excluding steroid dienone is 2. The average molecular weight is 525 g/mol. The van der Waals surface area contributed by atoms with E-state index in [2.05, 4.69) is 139 Å². The third-order valence-electron chi connectivity index (χ3n) is 9.55. The molecule has 0 fully saturated rings. The van der Waals surface area contributed by atoms with Crippen LogP contribution in [-0.4, -0.2) is 8.07 Å². The molecule has 0 saturated heterocycles. The summed E-state index contributed by atoms with van der Waals surface area (Å²) >= 11 is 0. The first-order valence-corrected chi connectivity index (χ1v) is 16.8. The molecule has 4 aromatic carbocycles. The Balaban J connectivity index is 1.51. The van der Waals surface area contributed by atoms with E-state index in [4.69, 9.17) is 0 Å². The molecule has 0 amide bonds. The Hall–Kier alpha value is -3.42. The van der Waals surface area contributed by atoms with Crippen LogP contribution in [0.3, 0.4) is 0 Å². The summed E-state index contributed by atoms with van der Waals surface area (Å²) in [7, 11) is -2.03. The van der Waals surface area contributed by atoms with Crippen molar-refractivity contribution in [1.29, 1.82) is 0 Å². The molecular weight excluding hydrogens is 485 g/mol. The topological polar surface area (TPSA) is 0 Å². The monoisotopic (exact) mass is 524 g/mol. The molecule has 2 aliphatic carbocycles. The van der Waals surface area contributed by atoms with E-state index in [1.165, 1.54) is 55.6 Å². The summed E-state index contributed by atoms with van der Waals surface area (Å²) in [6, 6.07) is 31.6. The summed E-state index contributed by atoms with van der Waals surface area (Å²) in [5.41, 5.74) is 15.4. The second kappa shape index (κ2) is 9.95. The van der Waals surface area contributed by atoms with Crippen molar-refractivity contribution in [3.05, 3.63) is 129 Å². The Kier molecular flexibility index (Phi) is 6.59. The van der Waals surface area contributed by atoms with Crippen molar-refractivity contribution >= 4 is 20.2 Å². The van der Waals surface area contributed by atoms with Gasteiger partial charge in [0, 0.05) is 0 Å². The average Bonchev–Trinajstić information content (AvgIpc) is 3.54. The Morgan fingerprint density at radius 1 is 0.487 bits per heavy atom. The molecule has 0 aromatic heterocycles. The van der Waals surface area contributed by atoms with Gasteiger partial charge < -0.3 is 0 Å². The molecule has 0 spiro atoms. The second-order valence-electron chi connectivity index (χ2n) is 12.3. The first kappa shape index (κ1) is 25.8. The van der Waals surface area contributed by atoms with E-state index in [0.717, 1.165) is 12.8 Å². The molecule has 4 aromatic rings. The standard InChI is InChI=1S/C38H40Si/c1-25(2)39(26(3)4,31-21-29-15-11-19-35(37(29)23-31)33-17-9-7-13-27(33)5)32-22-30-16-12-20-36(38(30)24-32)34-18-10-8-14-28(34)6/h7-20,23-26H,21-22H2,1-6H3. The van der Waals surface area contributed by atoms with Crippen molar-refractivity contribution in [1.82, 2.24) is 0 Å². The molecule has 0 N–H and O–H groups in total. The molecule has 2 aliphatic rings. The number of aryl methyl sites for hydroxylation is 2. The van der Waals surface area contributed by atoms with E-state index in [-0.39, 0.29) is 0 Å². The molecule has 39 heavy (non-hydrogen) atoms. The fraction of sp³-hybridized carbons (Fsp3) is 0.263. The lowest BCUT2D eigenvalue weighted by Gasteiger charge is -2.42. The largest absolute Gasteiger partial charge is 0.114 e. The van der Waals surface area contributed by atoms with Crippen LogP contribution >= 0.6 is 0 Å². The van der Waals surface area contributed by atoms with Gasteiger partial charge in [0.25, 0.3) is 0 Å². The summed E-state index contributed by atoms with van der Waals surface area (Å²) in [6.07, 6.45) is 7.46. The van der Waals surface area contributed by atoms with Crippen LogP contribution in [0, 0.1) is 13.8 Å². The zero-order valence-corrected chi connectivity index (χ0v) is 25.3. The summed E-state index contributed by atoms with van der Waals surface area (Å²) in [4.78, 5) is 0. The minimum atomic E-state index is -2.03. The molecule has 0 unspecified atom stereocenters. The van der Waals surface area contributed by atoms with Gasteiger partial charge in [0.15, 0.2) is 0 Å². The van der Waals surface area contributed by atoms with Gasteiger partial charge in [-0.05, 0) is 93.4 Å². The maximum Gasteiger partial charge on any atom is 0.114 e. The van der Waals surface area contributed by atoms with Crippen LogP contribution in [0.2, 0.25) is 11.1 Å². The zero-order valence-electron chi connectivity index (χ0n) is 24.3. The van der Waals surface area contributed by atoms with Gasteiger partial charge in [-0.2, -0.15) is 0 Å². The van der Waals surface area contributed by atoms with Crippen LogP contribution < -0.4 is 0 Å². The molecule has 0 atom stereocenters. The van der Waals surface area contributed by atoms with E-state index >= 15 is 0 Å². The Bertz CT molecular complexity index is 1510. The number of fused-ring (bicyclic) bond motifs is 2. The molecule has 0 aliphatic heterocycles. The van der Waals surface area contributed by atoms with Crippen LogP contribution in [0.25, 0.3) is 34.4 Å². The van der Waals surface area contributed by atoms with Gasteiger partial charge in [-0.1, -0.05) is 135 Å². The van der Waals surface area contributed by atoms with Gasteiger partial charge in [0.1, 0.15) is 8.07 Å². The van der Waals surface area contributed by atoms with Crippen LogP contribution in [0.1, 0.15) is 61.1 Å². The fourth-order valence-corrected chi connectivity index (χ4v) is 14.3. The second-order valence-corrected chi connectivity index (χ2v) is 17.6. The minimum Gasteiger partial charge on any atom is -0.0704 e. The van der Waals surface area contributed by atoms with Crippen LogP contribution in [-0.2, 0) is 12.8 Å². The fourth-order valence-electron chi connectivity index (χ4n) is 7.84. The first-order chi connectivity index (χ1) is 18.8. The quantitative estimate of drug-likeness (QED) is 0.220. The first-order valence-electron chi connectivity index (χ1n) is 14.6. The normalized spacial score (nSPS) is 14.5. The van der Waals surface area contributed by atoms with Crippen molar-refractivity contribution in [2.24, 2.45) is 0 Å². The maximum atomic E-state index is 2.63. The maximum absolute atomic E-state index is 2.63. The predicted molar refractivity (Wildman–Crippen MR) is 173 cm³/mol. The van der Waals surface area contributed by atoms with Crippen LogP contribution in [0.15, 0.2) is 95.3 Å². The third kappa shape index (κ3) is 4.10. The Morgan fingerprint density at radius 3 is 1.26 bits per heavy atom. The van der Waals surface area contributed by atoms with E-state index in [0.29, 0.717) is 11.1 Å².